The Morgan fingerprint density at radius 3 is 2.56 bits per heavy atom. The Kier molecular flexibility index (Phi) is 6.99. The highest BCUT2D eigenvalue weighted by atomic mass is 32.2. The van der Waals surface area contributed by atoms with E-state index in [1.54, 1.807) is 36.4 Å². The van der Waals surface area contributed by atoms with Crippen LogP contribution >= 0.6 is 11.8 Å². The van der Waals surface area contributed by atoms with E-state index in [1.807, 2.05) is 0 Å². The maximum absolute atomic E-state index is 13.4. The number of anilines is 1. The third kappa shape index (κ3) is 5.94. The van der Waals surface area contributed by atoms with E-state index in [9.17, 15) is 14.0 Å². The summed E-state index contributed by atoms with van der Waals surface area (Å²) in [7, 11) is 0. The Morgan fingerprint density at radius 2 is 1.88 bits per heavy atom. The Bertz CT molecular complexity index is 788. The number of rotatable bonds is 7. The summed E-state index contributed by atoms with van der Waals surface area (Å²) in [5.74, 6) is -0.769. The topological polar surface area (TPSA) is 79.2 Å². The van der Waals surface area contributed by atoms with Gasteiger partial charge in [-0.1, -0.05) is 12.1 Å². The zero-order valence-electron chi connectivity index (χ0n) is 13.2. The van der Waals surface area contributed by atoms with Crippen molar-refractivity contribution in [2.24, 2.45) is 0 Å². The molecule has 0 unspecified atom stereocenters. The van der Waals surface area contributed by atoms with E-state index in [1.165, 1.54) is 30.0 Å². The number of ether oxygens (including phenoxy) is 1. The molecule has 7 heteroatoms. The van der Waals surface area contributed by atoms with Crippen molar-refractivity contribution in [3.63, 3.8) is 0 Å². The number of esters is 1. The highest BCUT2D eigenvalue weighted by Gasteiger charge is 2.08. The van der Waals surface area contributed by atoms with Crippen LogP contribution in [0.25, 0.3) is 0 Å². The van der Waals surface area contributed by atoms with Crippen LogP contribution in [0.1, 0.15) is 16.8 Å². The van der Waals surface area contributed by atoms with Crippen LogP contribution in [0.4, 0.5) is 10.1 Å². The Labute approximate surface area is 148 Å². The van der Waals surface area contributed by atoms with Gasteiger partial charge in [0.25, 0.3) is 0 Å². The van der Waals surface area contributed by atoms with Gasteiger partial charge in [-0.3, -0.25) is 4.79 Å². The van der Waals surface area contributed by atoms with E-state index in [-0.39, 0.29) is 18.8 Å². The Hall–Kier alpha value is -2.85. The number of hydrogen-bond acceptors (Lipinski definition) is 5. The van der Waals surface area contributed by atoms with Crippen LogP contribution in [0.5, 0.6) is 0 Å². The minimum Gasteiger partial charge on any atom is -0.461 e. The highest BCUT2D eigenvalue weighted by molar-refractivity contribution is 7.99. The summed E-state index contributed by atoms with van der Waals surface area (Å²) in [5, 5.41) is 11.0. The summed E-state index contributed by atoms with van der Waals surface area (Å²) in [5.41, 5.74) is 0.834. The van der Waals surface area contributed by atoms with Crippen molar-refractivity contribution >= 4 is 29.3 Å². The van der Waals surface area contributed by atoms with Gasteiger partial charge < -0.3 is 10.1 Å². The molecular weight excluding hydrogens is 343 g/mol. The number of carbonyl (C=O) groups excluding carboxylic acids is 2. The second kappa shape index (κ2) is 9.45. The SMILES string of the molecule is N#CCC(=O)Nc1ccc(C(=O)OCCSc2ccccc2F)cc1. The normalized spacial score (nSPS) is 9.92. The van der Waals surface area contributed by atoms with Crippen LogP contribution in [0.3, 0.4) is 0 Å². The number of nitriles is 1. The lowest BCUT2D eigenvalue weighted by molar-refractivity contribution is -0.115. The second-order valence-corrected chi connectivity index (χ2v) is 6.01. The predicted molar refractivity (Wildman–Crippen MR) is 92.7 cm³/mol. The quantitative estimate of drug-likeness (QED) is 0.464. The smallest absolute Gasteiger partial charge is 0.338 e. The molecule has 0 aliphatic heterocycles. The van der Waals surface area contributed by atoms with E-state index in [2.05, 4.69) is 5.32 Å². The first kappa shape index (κ1) is 18.5. The molecule has 1 amide bonds. The minimum absolute atomic E-state index is 0.151. The lowest BCUT2D eigenvalue weighted by Gasteiger charge is -2.07. The van der Waals surface area contributed by atoms with Crippen molar-refractivity contribution in [2.75, 3.05) is 17.7 Å². The van der Waals surface area contributed by atoms with Crippen LogP contribution in [-0.4, -0.2) is 24.2 Å². The fraction of sp³-hybridized carbons (Fsp3) is 0.167. The van der Waals surface area contributed by atoms with Crippen molar-refractivity contribution < 1.29 is 18.7 Å². The maximum atomic E-state index is 13.4. The van der Waals surface area contributed by atoms with E-state index in [4.69, 9.17) is 10.00 Å². The van der Waals surface area contributed by atoms with Crippen molar-refractivity contribution in [1.82, 2.24) is 0 Å². The molecule has 2 aromatic carbocycles. The van der Waals surface area contributed by atoms with Gasteiger partial charge in [0.05, 0.1) is 11.6 Å². The zero-order valence-corrected chi connectivity index (χ0v) is 14.0. The lowest BCUT2D eigenvalue weighted by atomic mass is 10.2. The van der Waals surface area contributed by atoms with Gasteiger partial charge in [0, 0.05) is 16.3 Å². The molecule has 0 atom stereocenters. The van der Waals surface area contributed by atoms with Gasteiger partial charge in [-0.05, 0) is 36.4 Å². The number of nitrogens with zero attached hydrogens (tertiary/aromatic N) is 1. The summed E-state index contributed by atoms with van der Waals surface area (Å²) in [6.45, 7) is 0.151. The minimum atomic E-state index is -0.496. The zero-order chi connectivity index (χ0) is 18.1. The van der Waals surface area contributed by atoms with Crippen molar-refractivity contribution in [3.8, 4) is 6.07 Å². The summed E-state index contributed by atoms with van der Waals surface area (Å²) >= 11 is 1.27. The third-order valence-electron chi connectivity index (χ3n) is 3.05. The van der Waals surface area contributed by atoms with Crippen LogP contribution < -0.4 is 5.32 Å². The molecule has 0 spiro atoms. The summed E-state index contributed by atoms with van der Waals surface area (Å²) < 4.78 is 18.6. The van der Waals surface area contributed by atoms with Gasteiger partial charge in [-0.25, -0.2) is 9.18 Å². The molecule has 1 N–H and O–H groups in total. The fourth-order valence-electron chi connectivity index (χ4n) is 1.90. The average molecular weight is 358 g/mol. The predicted octanol–water partition coefficient (Wildman–Crippen LogP) is 3.63. The Balaban J connectivity index is 1.78. The molecular formula is C18H15FN2O3S. The van der Waals surface area contributed by atoms with Gasteiger partial charge in [-0.2, -0.15) is 5.26 Å². The van der Waals surface area contributed by atoms with Crippen LogP contribution in [0, 0.1) is 17.1 Å². The van der Waals surface area contributed by atoms with Gasteiger partial charge in [-0.15, -0.1) is 11.8 Å². The maximum Gasteiger partial charge on any atom is 0.338 e. The second-order valence-electron chi connectivity index (χ2n) is 4.88. The first-order valence-electron chi connectivity index (χ1n) is 7.41. The molecule has 0 saturated carbocycles. The number of halogens is 1. The molecule has 0 fully saturated rings. The van der Waals surface area contributed by atoms with Crippen LogP contribution in [-0.2, 0) is 9.53 Å². The number of amides is 1. The number of benzene rings is 2. The van der Waals surface area contributed by atoms with Gasteiger partial charge in [0.15, 0.2) is 0 Å². The monoisotopic (exact) mass is 358 g/mol. The van der Waals surface area contributed by atoms with Crippen molar-refractivity contribution in [3.05, 3.63) is 59.9 Å². The molecule has 2 rings (SSSR count). The van der Waals surface area contributed by atoms with Gasteiger partial charge in [0.2, 0.25) is 5.91 Å². The first-order chi connectivity index (χ1) is 12.1. The van der Waals surface area contributed by atoms with Crippen molar-refractivity contribution in [1.29, 1.82) is 5.26 Å². The fourth-order valence-corrected chi connectivity index (χ4v) is 2.67. The van der Waals surface area contributed by atoms with E-state index < -0.39 is 11.9 Å². The van der Waals surface area contributed by atoms with Gasteiger partial charge >= 0.3 is 5.97 Å². The molecule has 0 heterocycles. The van der Waals surface area contributed by atoms with Crippen LogP contribution in [0.2, 0.25) is 0 Å². The van der Waals surface area contributed by atoms with E-state index in [0.29, 0.717) is 21.9 Å². The summed E-state index contributed by atoms with van der Waals surface area (Å²) in [6, 6.07) is 14.3. The molecule has 128 valence electrons. The number of hydrogen-bond donors (Lipinski definition) is 1. The summed E-state index contributed by atoms with van der Waals surface area (Å²) in [6.07, 6.45) is -0.233. The number of thioether (sulfide) groups is 1. The van der Waals surface area contributed by atoms with Crippen LogP contribution in [0.15, 0.2) is 53.4 Å². The average Bonchev–Trinajstić information content (AvgIpc) is 2.61. The highest BCUT2D eigenvalue weighted by Crippen LogP contribution is 2.21. The molecule has 0 saturated heterocycles. The molecule has 0 bridgehead atoms. The number of nitrogens with one attached hydrogen (secondary N) is 1. The molecule has 5 nitrogen and oxygen atoms in total. The lowest BCUT2D eigenvalue weighted by Crippen LogP contribution is -2.11. The largest absolute Gasteiger partial charge is 0.461 e. The summed E-state index contributed by atoms with van der Waals surface area (Å²) in [4.78, 5) is 23.7. The van der Waals surface area contributed by atoms with Gasteiger partial charge in [0.1, 0.15) is 18.8 Å². The molecule has 0 radical (unpaired) electrons. The standard InChI is InChI=1S/C18H15FN2O3S/c19-15-3-1-2-4-16(15)25-12-11-24-18(23)13-5-7-14(8-6-13)21-17(22)9-10-20/h1-8H,9,11-12H2,(H,21,22). The molecule has 2 aromatic rings. The molecule has 0 aliphatic carbocycles. The molecule has 0 aromatic heterocycles. The molecule has 0 aliphatic rings. The Morgan fingerprint density at radius 1 is 1.16 bits per heavy atom. The first-order valence-corrected chi connectivity index (χ1v) is 8.40. The van der Waals surface area contributed by atoms with E-state index >= 15 is 0 Å². The third-order valence-corrected chi connectivity index (χ3v) is 4.07. The molecule has 25 heavy (non-hydrogen) atoms. The van der Waals surface area contributed by atoms with Crippen molar-refractivity contribution in [2.45, 2.75) is 11.3 Å². The van der Waals surface area contributed by atoms with E-state index in [0.717, 1.165) is 0 Å². The number of carbonyl (C=O) groups is 2.